The molecule has 9 nitrogen and oxygen atoms in total. The zero-order chi connectivity index (χ0) is 24.2. The topological polar surface area (TPSA) is 165 Å². The molecule has 10 atom stereocenters. The number of aliphatic hydroxyl groups excluding tert-OH is 5. The van der Waals surface area contributed by atoms with Crippen molar-refractivity contribution in [1.82, 2.24) is 0 Å². The van der Waals surface area contributed by atoms with Gasteiger partial charge in [-0.05, 0) is 37.7 Å². The summed E-state index contributed by atoms with van der Waals surface area (Å²) in [7, 11) is 0. The first-order chi connectivity index (χ1) is 15.0. The van der Waals surface area contributed by atoms with E-state index in [0.717, 1.165) is 0 Å². The Bertz CT molecular complexity index is 678. The summed E-state index contributed by atoms with van der Waals surface area (Å²) < 4.78 is 5.77. The Hall–Kier alpha value is -1.68. The number of carboxylic acids is 1. The van der Waals surface area contributed by atoms with Gasteiger partial charge >= 0.3 is 11.9 Å². The molecule has 0 saturated heterocycles. The minimum Gasteiger partial charge on any atom is -0.512 e. The van der Waals surface area contributed by atoms with Gasteiger partial charge in [-0.2, -0.15) is 0 Å². The molecule has 0 aromatic heterocycles. The van der Waals surface area contributed by atoms with Gasteiger partial charge in [-0.25, -0.2) is 0 Å². The first kappa shape index (κ1) is 26.6. The van der Waals surface area contributed by atoms with Crippen LogP contribution >= 0.6 is 0 Å². The maximum absolute atomic E-state index is 12.5. The number of rotatable bonds is 10. The minimum atomic E-state index is -1.16. The molecule has 0 radical (unpaired) electrons. The van der Waals surface area contributed by atoms with Crippen LogP contribution in [0, 0.1) is 29.6 Å². The van der Waals surface area contributed by atoms with Crippen molar-refractivity contribution >= 4 is 11.9 Å². The van der Waals surface area contributed by atoms with Crippen LogP contribution in [0.15, 0.2) is 11.8 Å². The molecule has 6 N–H and O–H groups in total. The van der Waals surface area contributed by atoms with Gasteiger partial charge < -0.3 is 35.4 Å². The zero-order valence-corrected chi connectivity index (χ0v) is 19.0. The lowest BCUT2D eigenvalue weighted by Gasteiger charge is -2.49. The van der Waals surface area contributed by atoms with Crippen molar-refractivity contribution in [1.29, 1.82) is 0 Å². The van der Waals surface area contributed by atoms with E-state index in [2.05, 4.69) is 0 Å². The second kappa shape index (κ2) is 11.4. The summed E-state index contributed by atoms with van der Waals surface area (Å²) in [6, 6.07) is 0. The highest BCUT2D eigenvalue weighted by molar-refractivity contribution is 5.72. The third kappa shape index (κ3) is 6.43. The summed E-state index contributed by atoms with van der Waals surface area (Å²) in [5, 5.41) is 60.3. The Morgan fingerprint density at radius 2 is 1.88 bits per heavy atom. The number of carbonyl (C=O) groups excluding carboxylic acids is 1. The predicted octanol–water partition coefficient (Wildman–Crippen LogP) is 1.38. The van der Waals surface area contributed by atoms with Gasteiger partial charge in [-0.1, -0.05) is 20.8 Å². The van der Waals surface area contributed by atoms with Gasteiger partial charge in [0.25, 0.3) is 0 Å². The fourth-order valence-corrected chi connectivity index (χ4v) is 5.04. The third-order valence-corrected chi connectivity index (χ3v) is 7.17. The van der Waals surface area contributed by atoms with Gasteiger partial charge in [0.05, 0.1) is 42.5 Å². The zero-order valence-electron chi connectivity index (χ0n) is 19.0. The number of carbonyl (C=O) groups is 2. The number of aliphatic carboxylic acids is 1. The summed E-state index contributed by atoms with van der Waals surface area (Å²) >= 11 is 0. The lowest BCUT2D eigenvalue weighted by molar-refractivity contribution is -0.177. The summed E-state index contributed by atoms with van der Waals surface area (Å²) in [4.78, 5) is 23.2. The molecule has 2 rings (SSSR count). The molecule has 0 aliphatic heterocycles. The van der Waals surface area contributed by atoms with Crippen molar-refractivity contribution in [2.75, 3.05) is 0 Å². The van der Waals surface area contributed by atoms with E-state index in [1.807, 2.05) is 13.8 Å². The lowest BCUT2D eigenvalue weighted by Crippen LogP contribution is -2.55. The van der Waals surface area contributed by atoms with E-state index in [1.54, 1.807) is 6.92 Å². The first-order valence-electron chi connectivity index (χ1n) is 11.5. The number of esters is 1. The highest BCUT2D eigenvalue weighted by atomic mass is 16.5. The van der Waals surface area contributed by atoms with Gasteiger partial charge in [-0.15, -0.1) is 0 Å². The molecule has 0 aromatic carbocycles. The average Bonchev–Trinajstić information content (AvgIpc) is 2.70. The summed E-state index contributed by atoms with van der Waals surface area (Å²) in [6.07, 6.45) is -2.63. The molecule has 1 fully saturated rings. The van der Waals surface area contributed by atoms with Gasteiger partial charge in [0, 0.05) is 24.2 Å². The predicted molar refractivity (Wildman–Crippen MR) is 114 cm³/mol. The molecule has 2 aliphatic rings. The smallest absolute Gasteiger partial charge is 0.308 e. The van der Waals surface area contributed by atoms with Crippen LogP contribution < -0.4 is 0 Å². The molecule has 0 spiro atoms. The number of allylic oxidation sites excluding steroid dienone is 1. The van der Waals surface area contributed by atoms with Gasteiger partial charge in [-0.3, -0.25) is 9.59 Å². The SMILES string of the molecule is CC[C@H](C)C(=O)O[C@H]1C[C@H](O)C(O)C2C=C(O)[C@H](C)[C@H](CC[C@@H](O)C[C@@H](O)CC(=O)O)[C@H]21. The molecule has 2 aliphatic carbocycles. The average molecular weight is 459 g/mol. The fraction of sp³-hybridized carbons (Fsp3) is 0.826. The molecule has 0 heterocycles. The van der Waals surface area contributed by atoms with E-state index >= 15 is 0 Å². The highest BCUT2D eigenvalue weighted by Crippen LogP contribution is 2.48. The largest absolute Gasteiger partial charge is 0.512 e. The van der Waals surface area contributed by atoms with Crippen molar-refractivity contribution < 1.29 is 45.0 Å². The van der Waals surface area contributed by atoms with E-state index in [0.29, 0.717) is 12.8 Å². The molecule has 184 valence electrons. The molecular weight excluding hydrogens is 420 g/mol. The molecule has 32 heavy (non-hydrogen) atoms. The highest BCUT2D eigenvalue weighted by Gasteiger charge is 2.51. The second-order valence-corrected chi connectivity index (χ2v) is 9.50. The van der Waals surface area contributed by atoms with E-state index in [-0.39, 0.29) is 54.7 Å². The van der Waals surface area contributed by atoms with Gasteiger partial charge in [0.1, 0.15) is 6.10 Å². The maximum Gasteiger partial charge on any atom is 0.308 e. The number of carboxylic acid groups (broad SMARTS) is 1. The standard InChI is InChI=1S/C23H38O9/c1-4-11(2)23(31)32-19-10-18(27)22(30)16-9-17(26)12(3)15(21(16)19)6-5-13(24)7-14(25)8-20(28)29/h9,11-16,18-19,21-22,24-27,30H,4-8,10H2,1-3H3,(H,28,29)/t11-,12+,13+,14+,15-,16?,18-,19-,21+,22?/m0/s1. The van der Waals surface area contributed by atoms with Crippen LogP contribution in [0.4, 0.5) is 0 Å². The van der Waals surface area contributed by atoms with Crippen molar-refractivity contribution in [2.24, 2.45) is 29.6 Å². The minimum absolute atomic E-state index is 0.0804. The molecule has 9 heteroatoms. The molecule has 1 saturated carbocycles. The van der Waals surface area contributed by atoms with Crippen molar-refractivity contribution in [3.8, 4) is 0 Å². The molecular formula is C23H38O9. The Morgan fingerprint density at radius 1 is 1.22 bits per heavy atom. The van der Waals surface area contributed by atoms with Gasteiger partial charge in [0.15, 0.2) is 0 Å². The molecule has 0 aromatic rings. The van der Waals surface area contributed by atoms with Crippen LogP contribution in [0.1, 0.15) is 59.3 Å². The van der Waals surface area contributed by atoms with Crippen LogP contribution in [-0.4, -0.2) is 73.1 Å². The lowest BCUT2D eigenvalue weighted by atomic mass is 9.60. The van der Waals surface area contributed by atoms with Crippen LogP contribution in [0.3, 0.4) is 0 Å². The Morgan fingerprint density at radius 3 is 2.47 bits per heavy atom. The maximum atomic E-state index is 12.5. The molecule has 0 amide bonds. The number of hydrogen-bond donors (Lipinski definition) is 6. The van der Waals surface area contributed by atoms with Gasteiger partial charge in [0.2, 0.25) is 0 Å². The van der Waals surface area contributed by atoms with E-state index in [4.69, 9.17) is 9.84 Å². The van der Waals surface area contributed by atoms with E-state index < -0.39 is 48.8 Å². The van der Waals surface area contributed by atoms with Crippen LogP contribution in [0.2, 0.25) is 0 Å². The van der Waals surface area contributed by atoms with Crippen molar-refractivity contribution in [3.63, 3.8) is 0 Å². The number of aliphatic hydroxyl groups is 5. The third-order valence-electron chi connectivity index (χ3n) is 7.17. The first-order valence-corrected chi connectivity index (χ1v) is 11.5. The number of ether oxygens (including phenoxy) is 1. The van der Waals surface area contributed by atoms with Crippen molar-refractivity contribution in [2.45, 2.75) is 89.8 Å². The van der Waals surface area contributed by atoms with E-state index in [9.17, 15) is 35.1 Å². The second-order valence-electron chi connectivity index (χ2n) is 9.50. The normalized spacial score (nSPS) is 35.2. The van der Waals surface area contributed by atoms with Crippen molar-refractivity contribution in [3.05, 3.63) is 11.8 Å². The monoisotopic (exact) mass is 458 g/mol. The number of hydrogen-bond acceptors (Lipinski definition) is 8. The Kier molecular flexibility index (Phi) is 9.51. The fourth-order valence-electron chi connectivity index (χ4n) is 5.04. The molecule has 0 bridgehead atoms. The Labute approximate surface area is 188 Å². The molecule has 2 unspecified atom stereocenters. The summed E-state index contributed by atoms with van der Waals surface area (Å²) in [5.74, 6) is -3.29. The number of fused-ring (bicyclic) bond motifs is 1. The van der Waals surface area contributed by atoms with Crippen LogP contribution in [-0.2, 0) is 14.3 Å². The Balaban J connectivity index is 2.19. The van der Waals surface area contributed by atoms with E-state index in [1.165, 1.54) is 6.08 Å². The summed E-state index contributed by atoms with van der Waals surface area (Å²) in [6.45, 7) is 5.46. The van der Waals surface area contributed by atoms with Crippen LogP contribution in [0.5, 0.6) is 0 Å². The quantitative estimate of drug-likeness (QED) is 0.265. The van der Waals surface area contributed by atoms with Crippen LogP contribution in [0.25, 0.3) is 0 Å². The summed E-state index contributed by atoms with van der Waals surface area (Å²) in [5.41, 5.74) is 0.